The molecule has 1 aromatic rings. The van der Waals surface area contributed by atoms with Gasteiger partial charge in [0.25, 0.3) is 0 Å². The average molecular weight is 210 g/mol. The molecule has 0 bridgehead atoms. The Morgan fingerprint density at radius 2 is 2.13 bits per heavy atom. The fourth-order valence-electron chi connectivity index (χ4n) is 2.07. The lowest BCUT2D eigenvalue weighted by atomic mass is 9.97. The zero-order valence-corrected chi connectivity index (χ0v) is 8.30. The van der Waals surface area contributed by atoms with E-state index in [1.54, 1.807) is 0 Å². The Morgan fingerprint density at radius 3 is 2.80 bits per heavy atom. The molecule has 0 N–H and O–H groups in total. The van der Waals surface area contributed by atoms with Crippen LogP contribution in [0.25, 0.3) is 0 Å². The number of Topliss-reactive ketones (excluding diaryl/α,β-unsaturated/α-hetero) is 1. The van der Waals surface area contributed by atoms with Gasteiger partial charge in [0.05, 0.1) is 0 Å². The third-order valence-corrected chi connectivity index (χ3v) is 2.91. The first-order valence-corrected chi connectivity index (χ1v) is 5.13. The highest BCUT2D eigenvalue weighted by Gasteiger charge is 2.25. The molecular formula is C12H12F2O. The van der Waals surface area contributed by atoms with Gasteiger partial charge in [-0.15, -0.1) is 0 Å². The largest absolute Gasteiger partial charge is 0.299 e. The quantitative estimate of drug-likeness (QED) is 0.733. The minimum absolute atomic E-state index is 0.110. The Bertz CT molecular complexity index is 387. The highest BCUT2D eigenvalue weighted by atomic mass is 19.1. The molecule has 1 unspecified atom stereocenters. The van der Waals surface area contributed by atoms with E-state index in [1.165, 1.54) is 6.07 Å². The molecule has 1 atom stereocenters. The van der Waals surface area contributed by atoms with E-state index < -0.39 is 11.6 Å². The first kappa shape index (κ1) is 10.3. The van der Waals surface area contributed by atoms with Crippen LogP contribution >= 0.6 is 0 Å². The highest BCUT2D eigenvalue weighted by molar-refractivity contribution is 5.83. The normalized spacial score (nSPS) is 20.9. The maximum atomic E-state index is 13.3. The summed E-state index contributed by atoms with van der Waals surface area (Å²) in [6, 6.07) is 3.39. The number of halogens is 2. The van der Waals surface area contributed by atoms with E-state index in [4.69, 9.17) is 0 Å². The molecule has 0 aliphatic heterocycles. The lowest BCUT2D eigenvalue weighted by Gasteiger charge is -2.08. The van der Waals surface area contributed by atoms with Gasteiger partial charge in [0.2, 0.25) is 0 Å². The van der Waals surface area contributed by atoms with Crippen LogP contribution in [0, 0.1) is 17.6 Å². The van der Waals surface area contributed by atoms with Gasteiger partial charge in [0.1, 0.15) is 17.4 Å². The number of carbonyl (C=O) groups excluding carboxylic acids is 1. The molecule has 0 radical (unpaired) electrons. The van der Waals surface area contributed by atoms with Crippen LogP contribution in [0.15, 0.2) is 18.2 Å². The van der Waals surface area contributed by atoms with E-state index in [0.29, 0.717) is 18.4 Å². The van der Waals surface area contributed by atoms with E-state index >= 15 is 0 Å². The number of carbonyl (C=O) groups is 1. The lowest BCUT2D eigenvalue weighted by molar-refractivity contribution is -0.120. The van der Waals surface area contributed by atoms with Gasteiger partial charge in [-0.25, -0.2) is 8.78 Å². The van der Waals surface area contributed by atoms with Gasteiger partial charge in [0, 0.05) is 12.3 Å². The first-order valence-electron chi connectivity index (χ1n) is 5.13. The molecule has 1 fully saturated rings. The Hall–Kier alpha value is -1.25. The van der Waals surface area contributed by atoms with Crippen LogP contribution < -0.4 is 0 Å². The van der Waals surface area contributed by atoms with Crippen molar-refractivity contribution in [3.05, 3.63) is 35.4 Å². The summed E-state index contributed by atoms with van der Waals surface area (Å²) in [4.78, 5) is 11.4. The van der Waals surface area contributed by atoms with Gasteiger partial charge >= 0.3 is 0 Å². The Labute approximate surface area is 87.1 Å². The molecule has 0 amide bonds. The van der Waals surface area contributed by atoms with Crippen LogP contribution in [0.1, 0.15) is 24.8 Å². The number of ketones is 1. The Balaban J connectivity index is 2.16. The Morgan fingerprint density at radius 1 is 1.33 bits per heavy atom. The zero-order chi connectivity index (χ0) is 10.8. The molecule has 1 aliphatic rings. The Kier molecular flexibility index (Phi) is 2.80. The molecule has 0 heterocycles. The van der Waals surface area contributed by atoms with E-state index in [1.807, 2.05) is 0 Å². The molecule has 3 heteroatoms. The van der Waals surface area contributed by atoms with Crippen molar-refractivity contribution in [1.29, 1.82) is 0 Å². The second-order valence-electron chi connectivity index (χ2n) is 4.00. The van der Waals surface area contributed by atoms with Crippen molar-refractivity contribution in [2.75, 3.05) is 0 Å². The molecule has 1 saturated carbocycles. The molecule has 0 saturated heterocycles. The van der Waals surface area contributed by atoms with Crippen LogP contribution in [0.4, 0.5) is 8.78 Å². The maximum absolute atomic E-state index is 13.3. The molecule has 1 nitrogen and oxygen atoms in total. The summed E-state index contributed by atoms with van der Waals surface area (Å²) in [5, 5.41) is 0. The van der Waals surface area contributed by atoms with Crippen LogP contribution in [-0.4, -0.2) is 5.78 Å². The molecule has 0 spiro atoms. The molecular weight excluding hydrogens is 198 g/mol. The third-order valence-electron chi connectivity index (χ3n) is 2.91. The summed E-state index contributed by atoms with van der Waals surface area (Å²) in [6.07, 6.45) is 2.60. The van der Waals surface area contributed by atoms with Crippen molar-refractivity contribution in [2.45, 2.75) is 25.7 Å². The third kappa shape index (κ3) is 2.22. The highest BCUT2D eigenvalue weighted by Crippen LogP contribution is 2.26. The predicted octanol–water partition coefficient (Wildman–Crippen LogP) is 2.88. The molecule has 1 aliphatic carbocycles. The van der Waals surface area contributed by atoms with E-state index in [9.17, 15) is 13.6 Å². The van der Waals surface area contributed by atoms with Gasteiger partial charge in [-0.2, -0.15) is 0 Å². The van der Waals surface area contributed by atoms with E-state index in [0.717, 1.165) is 25.0 Å². The van der Waals surface area contributed by atoms with Crippen molar-refractivity contribution in [3.8, 4) is 0 Å². The minimum atomic E-state index is -0.447. The van der Waals surface area contributed by atoms with Gasteiger partial charge in [0.15, 0.2) is 0 Å². The van der Waals surface area contributed by atoms with Crippen LogP contribution in [-0.2, 0) is 11.2 Å². The topological polar surface area (TPSA) is 17.1 Å². The van der Waals surface area contributed by atoms with E-state index in [2.05, 4.69) is 0 Å². The summed E-state index contributed by atoms with van der Waals surface area (Å²) in [5.41, 5.74) is 0.315. The van der Waals surface area contributed by atoms with Gasteiger partial charge in [-0.05, 0) is 43.0 Å². The summed E-state index contributed by atoms with van der Waals surface area (Å²) >= 11 is 0. The zero-order valence-electron chi connectivity index (χ0n) is 8.30. The van der Waals surface area contributed by atoms with Gasteiger partial charge in [-0.3, -0.25) is 4.79 Å². The first-order chi connectivity index (χ1) is 7.16. The number of hydrogen-bond acceptors (Lipinski definition) is 1. The second-order valence-corrected chi connectivity index (χ2v) is 4.00. The molecule has 1 aromatic carbocycles. The van der Waals surface area contributed by atoms with Crippen LogP contribution in [0.5, 0.6) is 0 Å². The van der Waals surface area contributed by atoms with Gasteiger partial charge in [-0.1, -0.05) is 0 Å². The van der Waals surface area contributed by atoms with Crippen molar-refractivity contribution >= 4 is 5.78 Å². The van der Waals surface area contributed by atoms with Crippen molar-refractivity contribution in [3.63, 3.8) is 0 Å². The van der Waals surface area contributed by atoms with Crippen molar-refractivity contribution < 1.29 is 13.6 Å². The van der Waals surface area contributed by atoms with Crippen LogP contribution in [0.3, 0.4) is 0 Å². The number of hydrogen-bond donors (Lipinski definition) is 0. The van der Waals surface area contributed by atoms with Crippen molar-refractivity contribution in [2.24, 2.45) is 5.92 Å². The second kappa shape index (κ2) is 4.09. The summed E-state index contributed by atoms with van der Waals surface area (Å²) < 4.78 is 26.1. The summed E-state index contributed by atoms with van der Waals surface area (Å²) in [6.45, 7) is 0. The molecule has 80 valence electrons. The summed E-state index contributed by atoms with van der Waals surface area (Å²) in [7, 11) is 0. The SMILES string of the molecule is O=C1CCCC1Cc1cc(F)ccc1F. The van der Waals surface area contributed by atoms with Crippen LogP contribution in [0.2, 0.25) is 0 Å². The van der Waals surface area contributed by atoms with E-state index in [-0.39, 0.29) is 11.7 Å². The molecule has 15 heavy (non-hydrogen) atoms. The molecule has 0 aromatic heterocycles. The molecule has 2 rings (SSSR count). The fourth-order valence-corrected chi connectivity index (χ4v) is 2.07. The number of rotatable bonds is 2. The predicted molar refractivity (Wildman–Crippen MR) is 52.4 cm³/mol. The smallest absolute Gasteiger partial charge is 0.136 e. The van der Waals surface area contributed by atoms with Gasteiger partial charge < -0.3 is 0 Å². The fraction of sp³-hybridized carbons (Fsp3) is 0.417. The standard InChI is InChI=1S/C12H12F2O/c13-10-4-5-11(14)9(7-10)6-8-2-1-3-12(8)15/h4-5,7-8H,1-3,6H2. The average Bonchev–Trinajstić information content (AvgIpc) is 2.58. The van der Waals surface area contributed by atoms with Crippen molar-refractivity contribution in [1.82, 2.24) is 0 Å². The number of benzene rings is 1. The monoisotopic (exact) mass is 210 g/mol. The maximum Gasteiger partial charge on any atom is 0.136 e. The minimum Gasteiger partial charge on any atom is -0.299 e. The lowest BCUT2D eigenvalue weighted by Crippen LogP contribution is -2.10. The summed E-state index contributed by atoms with van der Waals surface area (Å²) in [5.74, 6) is -0.798.